The molecule has 0 aliphatic carbocycles. The highest BCUT2D eigenvalue weighted by Gasteiger charge is 2.23. The molecule has 34 heavy (non-hydrogen) atoms. The summed E-state index contributed by atoms with van der Waals surface area (Å²) in [5, 5.41) is 15.4. The molecule has 3 heterocycles. The van der Waals surface area contributed by atoms with Gasteiger partial charge in [-0.05, 0) is 50.2 Å². The molecule has 0 saturated carbocycles. The molecule has 4 rings (SSSR count). The van der Waals surface area contributed by atoms with Crippen LogP contribution in [0.1, 0.15) is 52.4 Å². The van der Waals surface area contributed by atoms with Crippen LogP contribution in [-0.2, 0) is 19.5 Å². The number of hydrogen-bond acceptors (Lipinski definition) is 7. The highest BCUT2D eigenvalue weighted by molar-refractivity contribution is 7.18. The van der Waals surface area contributed by atoms with Crippen LogP contribution in [0, 0.1) is 0 Å². The second kappa shape index (κ2) is 11.3. The molecule has 1 aliphatic heterocycles. The van der Waals surface area contributed by atoms with Crippen molar-refractivity contribution in [3.63, 3.8) is 0 Å². The van der Waals surface area contributed by atoms with E-state index in [0.717, 1.165) is 47.8 Å². The smallest absolute Gasteiger partial charge is 0.337 e. The zero-order valence-electron chi connectivity index (χ0n) is 18.1. The highest BCUT2D eigenvalue weighted by Crippen LogP contribution is 2.27. The van der Waals surface area contributed by atoms with E-state index in [1.54, 1.807) is 24.3 Å². The average Bonchev–Trinajstić information content (AvgIpc) is 3.34. The first-order valence-corrected chi connectivity index (χ1v) is 12.2. The summed E-state index contributed by atoms with van der Waals surface area (Å²) >= 11 is 8.36. The maximum absolute atomic E-state index is 13.0. The Labute approximate surface area is 215 Å². The van der Waals surface area contributed by atoms with Crippen LogP contribution in [0.5, 0.6) is 0 Å². The predicted octanol–water partition coefficient (Wildman–Crippen LogP) is 4.54. The Hall–Kier alpha value is -2.50. The molecule has 0 fully saturated rings. The lowest BCUT2D eigenvalue weighted by atomic mass is 10.1. The number of thiazole rings is 1. The quantitative estimate of drug-likeness (QED) is 0.423. The van der Waals surface area contributed by atoms with Gasteiger partial charge in [0, 0.05) is 18.0 Å². The molecule has 0 radical (unpaired) electrons. The minimum atomic E-state index is -1.18. The molecule has 0 bridgehead atoms. The van der Waals surface area contributed by atoms with Crippen LogP contribution in [0.4, 0.5) is 5.69 Å². The van der Waals surface area contributed by atoms with Gasteiger partial charge in [0.1, 0.15) is 0 Å². The number of anilines is 1. The number of aromatic carboxylic acids is 1. The number of carboxylic acids is 1. The van der Waals surface area contributed by atoms with Crippen molar-refractivity contribution in [3.05, 3.63) is 66.3 Å². The normalized spacial score (nSPS) is 13.4. The number of amides is 2. The minimum Gasteiger partial charge on any atom is -0.478 e. The third kappa shape index (κ3) is 5.94. The van der Waals surface area contributed by atoms with Gasteiger partial charge in [0.2, 0.25) is 0 Å². The Morgan fingerprint density at radius 3 is 2.68 bits per heavy atom. The van der Waals surface area contributed by atoms with E-state index < -0.39 is 11.9 Å². The van der Waals surface area contributed by atoms with Crippen LogP contribution < -0.4 is 10.6 Å². The van der Waals surface area contributed by atoms with E-state index in [4.69, 9.17) is 11.6 Å². The van der Waals surface area contributed by atoms with Crippen LogP contribution in [0.3, 0.4) is 0 Å². The molecule has 2 aromatic heterocycles. The van der Waals surface area contributed by atoms with Crippen molar-refractivity contribution >= 4 is 70.2 Å². The molecule has 12 heteroatoms. The van der Waals surface area contributed by atoms with E-state index in [-0.39, 0.29) is 36.1 Å². The Balaban J connectivity index is 0.00000324. The fourth-order valence-corrected chi connectivity index (χ4v) is 5.62. The molecule has 3 aromatic rings. The number of thiophene rings is 1. The molecule has 0 atom stereocenters. The lowest BCUT2D eigenvalue weighted by Gasteiger charge is -2.14. The summed E-state index contributed by atoms with van der Waals surface area (Å²) in [5.41, 5.74) is 1.47. The van der Waals surface area contributed by atoms with Gasteiger partial charge in [-0.3, -0.25) is 9.59 Å². The summed E-state index contributed by atoms with van der Waals surface area (Å²) in [5.74, 6) is -1.99. The third-order valence-corrected chi connectivity index (χ3v) is 7.51. The number of nitrogens with zero attached hydrogens (tertiary/aromatic N) is 2. The van der Waals surface area contributed by atoms with Crippen LogP contribution >= 0.6 is 46.7 Å². The molecular weight excluding hydrogens is 519 g/mol. The monoisotopic (exact) mass is 540 g/mol. The van der Waals surface area contributed by atoms with Gasteiger partial charge in [-0.25, -0.2) is 9.78 Å². The summed E-state index contributed by atoms with van der Waals surface area (Å²) in [6.45, 7) is 1.74. The summed E-state index contributed by atoms with van der Waals surface area (Å²) in [6.07, 6.45) is 1.77. The fraction of sp³-hybridized carbons (Fsp3) is 0.273. The van der Waals surface area contributed by atoms with E-state index in [2.05, 4.69) is 20.5 Å². The number of nitrogens with one attached hydrogen (secondary N) is 2. The fourth-order valence-electron chi connectivity index (χ4n) is 3.58. The number of rotatable bonds is 6. The zero-order valence-corrected chi connectivity index (χ0v) is 21.3. The van der Waals surface area contributed by atoms with Crippen molar-refractivity contribution in [2.75, 3.05) is 18.9 Å². The first-order valence-electron chi connectivity index (χ1n) is 10.2. The van der Waals surface area contributed by atoms with E-state index in [0.29, 0.717) is 19.8 Å². The lowest BCUT2D eigenvalue weighted by molar-refractivity contribution is 0.0697. The summed E-state index contributed by atoms with van der Waals surface area (Å²) in [7, 11) is 2.03. The standard InChI is InChI=1S/C22H21ClN4O4S2.ClH/c1-27-9-3-6-14-16(11-27)33-21(25-14)20(29)26-18-12(4-2-5-13(18)22(30)31)10-24-19(28)15-7-8-17(23)32-15;/h2,4-5,7-8H,3,6,9-11H2,1H3,(H,24,28)(H,26,29)(H,30,31);1H. The van der Waals surface area contributed by atoms with Gasteiger partial charge in [-0.15, -0.1) is 35.1 Å². The Morgan fingerprint density at radius 1 is 1.18 bits per heavy atom. The number of halogens is 2. The maximum atomic E-state index is 13.0. The summed E-state index contributed by atoms with van der Waals surface area (Å²) < 4.78 is 0.494. The molecule has 2 amide bonds. The summed E-state index contributed by atoms with van der Waals surface area (Å²) in [4.78, 5) is 45.4. The number of fused-ring (bicyclic) bond motifs is 1. The van der Waals surface area contributed by atoms with Crippen molar-refractivity contribution in [2.45, 2.75) is 25.9 Å². The SMILES string of the molecule is CN1CCCc2nc(C(=O)Nc3c(CNC(=O)c4ccc(Cl)s4)cccc3C(=O)O)sc2C1.Cl. The van der Waals surface area contributed by atoms with Gasteiger partial charge in [0.25, 0.3) is 11.8 Å². The highest BCUT2D eigenvalue weighted by atomic mass is 35.5. The van der Waals surface area contributed by atoms with E-state index in [9.17, 15) is 19.5 Å². The number of hydrogen-bond donors (Lipinski definition) is 3. The molecule has 1 aliphatic rings. The number of aryl methyl sites for hydroxylation is 1. The predicted molar refractivity (Wildman–Crippen MR) is 136 cm³/mol. The number of carbonyl (C=O) groups excluding carboxylic acids is 2. The molecule has 3 N–H and O–H groups in total. The van der Waals surface area contributed by atoms with Crippen molar-refractivity contribution in [1.82, 2.24) is 15.2 Å². The molecule has 0 unspecified atom stereocenters. The van der Waals surface area contributed by atoms with Gasteiger partial charge >= 0.3 is 5.97 Å². The van der Waals surface area contributed by atoms with Crippen LogP contribution in [0.25, 0.3) is 0 Å². The second-order valence-corrected chi connectivity index (χ2v) is 10.4. The molecular formula is C22H22Cl2N4O4S2. The average molecular weight is 541 g/mol. The molecule has 180 valence electrons. The van der Waals surface area contributed by atoms with E-state index >= 15 is 0 Å². The van der Waals surface area contributed by atoms with Gasteiger partial charge in [0.05, 0.1) is 26.2 Å². The van der Waals surface area contributed by atoms with Crippen molar-refractivity contribution in [1.29, 1.82) is 0 Å². The Kier molecular flexibility index (Phi) is 8.67. The molecule has 1 aromatic carbocycles. The Morgan fingerprint density at radius 2 is 1.97 bits per heavy atom. The maximum Gasteiger partial charge on any atom is 0.337 e. The van der Waals surface area contributed by atoms with Crippen LogP contribution in [-0.4, -0.2) is 46.4 Å². The molecule has 8 nitrogen and oxygen atoms in total. The van der Waals surface area contributed by atoms with Gasteiger partial charge < -0.3 is 20.6 Å². The molecule has 0 saturated heterocycles. The Bertz CT molecular complexity index is 1230. The topological polar surface area (TPSA) is 112 Å². The molecule has 0 spiro atoms. The second-order valence-electron chi connectivity index (χ2n) is 7.62. The number of aromatic nitrogens is 1. The third-order valence-electron chi connectivity index (χ3n) is 5.20. The van der Waals surface area contributed by atoms with Crippen molar-refractivity contribution in [2.24, 2.45) is 0 Å². The largest absolute Gasteiger partial charge is 0.478 e. The van der Waals surface area contributed by atoms with E-state index in [1.807, 2.05) is 7.05 Å². The van der Waals surface area contributed by atoms with Gasteiger partial charge in [-0.1, -0.05) is 23.7 Å². The number of benzene rings is 1. The minimum absolute atomic E-state index is 0. The zero-order chi connectivity index (χ0) is 23.5. The number of carboxylic acid groups (broad SMARTS) is 1. The number of carbonyl (C=O) groups is 3. The summed E-state index contributed by atoms with van der Waals surface area (Å²) in [6, 6.07) is 7.89. The van der Waals surface area contributed by atoms with Crippen molar-refractivity contribution < 1.29 is 19.5 Å². The van der Waals surface area contributed by atoms with Crippen LogP contribution in [0.2, 0.25) is 4.34 Å². The first kappa shape index (κ1) is 26.1. The first-order chi connectivity index (χ1) is 15.8. The van der Waals surface area contributed by atoms with E-state index in [1.165, 1.54) is 17.4 Å². The van der Waals surface area contributed by atoms with Crippen molar-refractivity contribution in [3.8, 4) is 0 Å². The van der Waals surface area contributed by atoms with Gasteiger partial charge in [0.15, 0.2) is 5.01 Å². The van der Waals surface area contributed by atoms with Gasteiger partial charge in [-0.2, -0.15) is 0 Å². The lowest BCUT2D eigenvalue weighted by Crippen LogP contribution is -2.24. The van der Waals surface area contributed by atoms with Crippen LogP contribution in [0.15, 0.2) is 30.3 Å². The number of para-hydroxylation sites is 1.